The predicted molar refractivity (Wildman–Crippen MR) is 36.1 cm³/mol. The van der Waals surface area contributed by atoms with Crippen LogP contribution in [0.25, 0.3) is 0 Å². The number of hydrogen-bond acceptors (Lipinski definition) is 5. The van der Waals surface area contributed by atoms with Crippen LogP contribution >= 0.6 is 0 Å². The summed E-state index contributed by atoms with van der Waals surface area (Å²) in [5.74, 6) is -1.64. The summed E-state index contributed by atoms with van der Waals surface area (Å²) >= 11 is 0. The van der Waals surface area contributed by atoms with Crippen LogP contribution < -0.4 is 0 Å². The van der Waals surface area contributed by atoms with E-state index in [1.807, 2.05) is 0 Å². The Morgan fingerprint density at radius 3 is 2.75 bits per heavy atom. The number of rotatable bonds is 1. The van der Waals surface area contributed by atoms with Crippen molar-refractivity contribution >= 4 is 17.7 Å². The quantitative estimate of drug-likeness (QED) is 0.391. The first-order valence-electron chi connectivity index (χ1n) is 3.42. The number of ether oxygens (including phenoxy) is 2. The van der Waals surface area contributed by atoms with Crippen molar-refractivity contribution in [1.29, 1.82) is 0 Å². The van der Waals surface area contributed by atoms with E-state index in [-0.39, 0.29) is 18.6 Å². The third-order valence-corrected chi connectivity index (χ3v) is 1.49. The number of esters is 2. The molecule has 0 unspecified atom stereocenters. The van der Waals surface area contributed by atoms with Crippen LogP contribution in [0, 0.1) is 0 Å². The monoisotopic (exact) mass is 172 g/mol. The molecule has 1 fully saturated rings. The van der Waals surface area contributed by atoms with Crippen LogP contribution in [0.2, 0.25) is 0 Å². The highest BCUT2D eigenvalue weighted by Gasteiger charge is 2.32. The molecule has 1 aliphatic heterocycles. The van der Waals surface area contributed by atoms with Crippen LogP contribution in [0.3, 0.4) is 0 Å². The first-order chi connectivity index (χ1) is 5.63. The second-order valence-electron chi connectivity index (χ2n) is 2.42. The zero-order valence-electron chi connectivity index (χ0n) is 6.53. The number of methoxy groups -OCH3 is 1. The molecule has 12 heavy (non-hydrogen) atoms. The summed E-state index contributed by atoms with van der Waals surface area (Å²) in [5.41, 5.74) is 0. The summed E-state index contributed by atoms with van der Waals surface area (Å²) in [5, 5.41) is 0. The van der Waals surface area contributed by atoms with Crippen LogP contribution in [0.4, 0.5) is 0 Å². The summed E-state index contributed by atoms with van der Waals surface area (Å²) in [6, 6.07) is 0. The van der Waals surface area contributed by atoms with Gasteiger partial charge in [-0.1, -0.05) is 0 Å². The molecule has 1 atom stereocenters. The molecule has 0 radical (unpaired) electrons. The van der Waals surface area contributed by atoms with Crippen LogP contribution in [0.15, 0.2) is 0 Å². The average Bonchev–Trinajstić information content (AvgIpc) is 2.01. The van der Waals surface area contributed by atoms with E-state index in [0.29, 0.717) is 0 Å². The third kappa shape index (κ3) is 1.81. The van der Waals surface area contributed by atoms with Gasteiger partial charge < -0.3 is 9.47 Å². The smallest absolute Gasteiger partial charge is 0.347 e. The summed E-state index contributed by atoms with van der Waals surface area (Å²) in [6.45, 7) is 0. The van der Waals surface area contributed by atoms with Crippen molar-refractivity contribution in [3.63, 3.8) is 0 Å². The minimum absolute atomic E-state index is 0.0710. The highest BCUT2D eigenvalue weighted by molar-refractivity contribution is 6.01. The lowest BCUT2D eigenvalue weighted by Crippen LogP contribution is -2.36. The van der Waals surface area contributed by atoms with Crippen molar-refractivity contribution in [3.8, 4) is 0 Å². The Bertz CT molecular complexity index is 216. The Labute approximate surface area is 68.6 Å². The van der Waals surface area contributed by atoms with Gasteiger partial charge in [0.15, 0.2) is 0 Å². The maximum Gasteiger partial charge on any atom is 0.347 e. The fraction of sp³-hybridized carbons (Fsp3) is 0.571. The Morgan fingerprint density at radius 2 is 2.25 bits per heavy atom. The van der Waals surface area contributed by atoms with Crippen molar-refractivity contribution < 1.29 is 23.9 Å². The Kier molecular flexibility index (Phi) is 2.42. The fourth-order valence-electron chi connectivity index (χ4n) is 0.945. The second-order valence-corrected chi connectivity index (χ2v) is 2.42. The van der Waals surface area contributed by atoms with E-state index in [9.17, 15) is 14.4 Å². The molecule has 1 saturated heterocycles. The van der Waals surface area contributed by atoms with E-state index in [1.165, 1.54) is 7.11 Å². The van der Waals surface area contributed by atoms with Crippen molar-refractivity contribution in [2.45, 2.75) is 18.9 Å². The van der Waals surface area contributed by atoms with Gasteiger partial charge in [-0.25, -0.2) is 4.79 Å². The molecule has 0 spiro atoms. The van der Waals surface area contributed by atoms with Crippen molar-refractivity contribution in [2.24, 2.45) is 0 Å². The lowest BCUT2D eigenvalue weighted by atomic mass is 10.1. The molecule has 1 rings (SSSR count). The van der Waals surface area contributed by atoms with Gasteiger partial charge in [0.1, 0.15) is 12.2 Å². The van der Waals surface area contributed by atoms with Crippen LogP contribution in [0.5, 0.6) is 0 Å². The van der Waals surface area contributed by atoms with E-state index >= 15 is 0 Å². The molecule has 0 aromatic heterocycles. The van der Waals surface area contributed by atoms with E-state index in [2.05, 4.69) is 9.47 Å². The first-order valence-corrected chi connectivity index (χ1v) is 3.42. The number of ketones is 1. The Balaban J connectivity index is 2.61. The van der Waals surface area contributed by atoms with Gasteiger partial charge in [0.25, 0.3) is 0 Å². The lowest BCUT2D eigenvalue weighted by Gasteiger charge is -2.18. The molecule has 1 aliphatic rings. The maximum absolute atomic E-state index is 10.8. The normalized spacial score (nSPS) is 23.2. The van der Waals surface area contributed by atoms with Crippen LogP contribution in [-0.2, 0) is 23.9 Å². The van der Waals surface area contributed by atoms with Gasteiger partial charge in [-0.15, -0.1) is 0 Å². The van der Waals surface area contributed by atoms with Crippen LogP contribution in [0.1, 0.15) is 12.8 Å². The molecule has 0 aromatic rings. The Morgan fingerprint density at radius 1 is 1.58 bits per heavy atom. The molecule has 5 heteroatoms. The predicted octanol–water partition coefficient (Wildman–Crippen LogP) is -0.566. The molecular formula is C7H8O5. The highest BCUT2D eigenvalue weighted by atomic mass is 16.6. The molecule has 0 aromatic carbocycles. The van der Waals surface area contributed by atoms with Gasteiger partial charge in [0.05, 0.1) is 13.5 Å². The lowest BCUT2D eigenvalue weighted by molar-refractivity contribution is -0.172. The molecule has 5 nitrogen and oxygen atoms in total. The third-order valence-electron chi connectivity index (χ3n) is 1.49. The van der Waals surface area contributed by atoms with Gasteiger partial charge in [0.2, 0.25) is 6.10 Å². The molecule has 0 aliphatic carbocycles. The number of Topliss-reactive ketones (excluding diaryl/α,β-unsaturated/α-hetero) is 1. The van der Waals surface area contributed by atoms with Crippen molar-refractivity contribution in [3.05, 3.63) is 0 Å². The minimum atomic E-state index is -1.04. The maximum atomic E-state index is 10.8. The van der Waals surface area contributed by atoms with E-state index in [0.717, 1.165) is 0 Å². The number of cyclic esters (lactones) is 1. The van der Waals surface area contributed by atoms with E-state index in [1.54, 1.807) is 0 Å². The highest BCUT2D eigenvalue weighted by Crippen LogP contribution is 2.11. The van der Waals surface area contributed by atoms with Gasteiger partial charge in [-0.05, 0) is 0 Å². The SMILES string of the molecule is COC(=O)[C@H]1CC(=O)CC(=O)O1. The number of carbonyl (C=O) groups is 3. The molecule has 0 saturated carbocycles. The number of carbonyl (C=O) groups excluding carboxylic acids is 3. The number of hydrogen-bond donors (Lipinski definition) is 0. The first kappa shape index (κ1) is 8.70. The van der Waals surface area contributed by atoms with E-state index in [4.69, 9.17) is 0 Å². The van der Waals surface area contributed by atoms with Gasteiger partial charge in [-0.2, -0.15) is 0 Å². The Hall–Kier alpha value is -1.39. The molecule has 66 valence electrons. The summed E-state index contributed by atoms with van der Waals surface area (Å²) < 4.78 is 8.89. The van der Waals surface area contributed by atoms with Gasteiger partial charge in [0, 0.05) is 0 Å². The van der Waals surface area contributed by atoms with Crippen molar-refractivity contribution in [2.75, 3.05) is 7.11 Å². The summed E-state index contributed by atoms with van der Waals surface area (Å²) in [7, 11) is 1.18. The van der Waals surface area contributed by atoms with Gasteiger partial charge in [-0.3, -0.25) is 9.59 Å². The van der Waals surface area contributed by atoms with Crippen LogP contribution in [-0.4, -0.2) is 30.9 Å². The standard InChI is InChI=1S/C7H8O5/c1-11-7(10)5-2-4(8)3-6(9)12-5/h5H,2-3H2,1H3/t5-/m1/s1. The zero-order valence-corrected chi connectivity index (χ0v) is 6.53. The molecule has 0 bridgehead atoms. The second kappa shape index (κ2) is 3.34. The van der Waals surface area contributed by atoms with E-state index < -0.39 is 18.0 Å². The largest absolute Gasteiger partial charge is 0.466 e. The molecule has 1 heterocycles. The molecular weight excluding hydrogens is 164 g/mol. The topological polar surface area (TPSA) is 69.7 Å². The summed E-state index contributed by atoms with van der Waals surface area (Å²) in [6.07, 6.45) is -1.35. The zero-order chi connectivity index (χ0) is 9.14. The van der Waals surface area contributed by atoms with Crippen molar-refractivity contribution in [1.82, 2.24) is 0 Å². The fourth-order valence-corrected chi connectivity index (χ4v) is 0.945. The molecule has 0 amide bonds. The van der Waals surface area contributed by atoms with Gasteiger partial charge >= 0.3 is 11.9 Å². The summed E-state index contributed by atoms with van der Waals surface area (Å²) in [4.78, 5) is 32.3. The average molecular weight is 172 g/mol. The minimum Gasteiger partial charge on any atom is -0.466 e. The molecule has 0 N–H and O–H groups in total.